The molecule has 6 heteroatoms. The molecule has 40 heavy (non-hydrogen) atoms. The molecule has 1 heterocycles. The van der Waals surface area contributed by atoms with Crippen molar-refractivity contribution >= 4 is 40.3 Å². The molecular formula is C34H36Cl2FNO2. The van der Waals surface area contributed by atoms with Gasteiger partial charge in [-0.3, -0.25) is 4.39 Å². The second kappa shape index (κ2) is 13.3. The van der Waals surface area contributed by atoms with Crippen LogP contribution < -0.4 is 0 Å². The maximum atomic E-state index is 12.6. The Bertz CT molecular complexity index is 1400. The number of hydrogen-bond donors (Lipinski definition) is 0. The molecule has 0 saturated carbocycles. The van der Waals surface area contributed by atoms with E-state index in [1.165, 1.54) is 24.7 Å². The highest BCUT2D eigenvalue weighted by Crippen LogP contribution is 2.42. The van der Waals surface area contributed by atoms with E-state index in [0.717, 1.165) is 79.6 Å². The van der Waals surface area contributed by atoms with E-state index in [1.54, 1.807) is 0 Å². The molecule has 0 aromatic heterocycles. The first-order chi connectivity index (χ1) is 19.5. The molecule has 3 aromatic carbocycles. The van der Waals surface area contributed by atoms with Gasteiger partial charge in [0.2, 0.25) is 0 Å². The van der Waals surface area contributed by atoms with E-state index in [9.17, 15) is 9.18 Å². The van der Waals surface area contributed by atoms with Crippen LogP contribution in [0.5, 0.6) is 0 Å². The minimum Gasteiger partial charge on any atom is -0.465 e. The number of methoxy groups -OCH3 is 1. The number of carbonyl (C=O) groups excluding carboxylic acids is 1. The third-order valence-electron chi connectivity index (χ3n) is 8.26. The van der Waals surface area contributed by atoms with Gasteiger partial charge in [0.1, 0.15) is 0 Å². The number of ether oxygens (including phenoxy) is 1. The second-order valence-corrected chi connectivity index (χ2v) is 11.8. The molecule has 1 atom stereocenters. The topological polar surface area (TPSA) is 29.5 Å². The van der Waals surface area contributed by atoms with Crippen molar-refractivity contribution in [3.05, 3.63) is 104 Å². The van der Waals surface area contributed by atoms with Gasteiger partial charge in [0.05, 0.1) is 19.3 Å². The van der Waals surface area contributed by atoms with Gasteiger partial charge in [-0.15, -0.1) is 0 Å². The number of hydrogen-bond acceptors (Lipinski definition) is 3. The SMILES string of the molecule is COC(=O)c1ccc2c(c1)CCCC(c1ccc(Cl)cc1Cl)=C2c1cccc(CCC2CCN(CCCF)C2)c1. The van der Waals surface area contributed by atoms with E-state index in [1.807, 2.05) is 30.3 Å². The first-order valence-corrected chi connectivity index (χ1v) is 15.0. The van der Waals surface area contributed by atoms with Crippen molar-refractivity contribution in [3.8, 4) is 0 Å². The smallest absolute Gasteiger partial charge is 0.337 e. The molecule has 0 N–H and O–H groups in total. The van der Waals surface area contributed by atoms with Crippen molar-refractivity contribution in [2.24, 2.45) is 5.92 Å². The molecule has 3 aromatic rings. The van der Waals surface area contributed by atoms with Gasteiger partial charge in [0.25, 0.3) is 0 Å². The van der Waals surface area contributed by atoms with E-state index in [0.29, 0.717) is 27.9 Å². The number of halogens is 3. The number of benzene rings is 3. The summed E-state index contributed by atoms with van der Waals surface area (Å²) >= 11 is 13.0. The quantitative estimate of drug-likeness (QED) is 0.237. The summed E-state index contributed by atoms with van der Waals surface area (Å²) in [5.74, 6) is 0.331. The molecule has 0 bridgehead atoms. The van der Waals surface area contributed by atoms with Crippen molar-refractivity contribution in [2.75, 3.05) is 33.4 Å². The summed E-state index contributed by atoms with van der Waals surface area (Å²) < 4.78 is 17.6. The Kier molecular flexibility index (Phi) is 9.62. The minimum atomic E-state index is -0.323. The fraction of sp³-hybridized carbons (Fsp3) is 0.382. The standard InChI is InChI=1S/C34H36Cl2FNO2/c1-40-34(39)27-11-13-29-25(20-27)6-3-8-31(30-14-12-28(35)21-32(30)36)33(29)26-7-2-5-23(19-26)9-10-24-15-18-38(22-24)17-4-16-37/h2,5,7,11-14,19-21,24H,3-4,6,8-10,15-18,22H2,1H3. The zero-order valence-corrected chi connectivity index (χ0v) is 24.5. The molecule has 1 fully saturated rings. The Labute approximate surface area is 246 Å². The predicted octanol–water partition coefficient (Wildman–Crippen LogP) is 8.69. The number of nitrogens with zero attached hydrogens (tertiary/aromatic N) is 1. The zero-order chi connectivity index (χ0) is 28.1. The molecule has 1 unspecified atom stereocenters. The van der Waals surface area contributed by atoms with Crippen LogP contribution in [0.1, 0.15) is 70.3 Å². The normalized spacial score (nSPS) is 17.6. The third-order valence-corrected chi connectivity index (χ3v) is 8.81. The van der Waals surface area contributed by atoms with Gasteiger partial charge in [-0.2, -0.15) is 0 Å². The Morgan fingerprint density at radius 2 is 1.90 bits per heavy atom. The third kappa shape index (κ3) is 6.62. The maximum absolute atomic E-state index is 12.6. The molecule has 1 saturated heterocycles. The maximum Gasteiger partial charge on any atom is 0.337 e. The molecule has 0 amide bonds. The van der Waals surface area contributed by atoms with Gasteiger partial charge < -0.3 is 9.64 Å². The molecule has 5 rings (SSSR count). The number of aryl methyl sites for hydroxylation is 2. The van der Waals surface area contributed by atoms with Crippen LogP contribution in [0.2, 0.25) is 10.0 Å². The highest BCUT2D eigenvalue weighted by molar-refractivity contribution is 6.36. The highest BCUT2D eigenvalue weighted by atomic mass is 35.5. The molecule has 210 valence electrons. The molecule has 3 nitrogen and oxygen atoms in total. The minimum absolute atomic E-state index is 0.236. The molecule has 2 aliphatic rings. The molecule has 1 aliphatic carbocycles. The lowest BCUT2D eigenvalue weighted by atomic mass is 9.86. The summed E-state index contributed by atoms with van der Waals surface area (Å²) in [5.41, 5.74) is 8.66. The number of rotatable bonds is 9. The van der Waals surface area contributed by atoms with Gasteiger partial charge in [-0.05, 0) is 121 Å². The van der Waals surface area contributed by atoms with Gasteiger partial charge in [0.15, 0.2) is 0 Å². The van der Waals surface area contributed by atoms with Crippen molar-refractivity contribution in [1.29, 1.82) is 0 Å². The Hall–Kier alpha value is -2.66. The lowest BCUT2D eigenvalue weighted by Crippen LogP contribution is -2.22. The highest BCUT2D eigenvalue weighted by Gasteiger charge is 2.24. The van der Waals surface area contributed by atoms with Crippen molar-refractivity contribution in [2.45, 2.75) is 44.9 Å². The first kappa shape index (κ1) is 28.9. The first-order valence-electron chi connectivity index (χ1n) is 14.2. The van der Waals surface area contributed by atoms with Gasteiger partial charge >= 0.3 is 5.97 Å². The molecule has 1 aliphatic heterocycles. The lowest BCUT2D eigenvalue weighted by Gasteiger charge is -2.19. The summed E-state index contributed by atoms with van der Waals surface area (Å²) in [4.78, 5) is 14.7. The van der Waals surface area contributed by atoms with E-state index < -0.39 is 0 Å². The largest absolute Gasteiger partial charge is 0.465 e. The number of allylic oxidation sites excluding steroid dienone is 1. The molecule has 0 radical (unpaired) electrons. The molecule has 0 spiro atoms. The zero-order valence-electron chi connectivity index (χ0n) is 23.0. The van der Waals surface area contributed by atoms with Crippen molar-refractivity contribution in [3.63, 3.8) is 0 Å². The van der Waals surface area contributed by atoms with Gasteiger partial charge in [0, 0.05) is 23.1 Å². The number of carbonyl (C=O) groups is 1. The summed E-state index contributed by atoms with van der Waals surface area (Å²) in [6, 6.07) is 20.5. The van der Waals surface area contributed by atoms with E-state index in [2.05, 4.69) is 35.2 Å². The van der Waals surface area contributed by atoms with E-state index in [-0.39, 0.29) is 12.6 Å². The Morgan fingerprint density at radius 1 is 1.05 bits per heavy atom. The van der Waals surface area contributed by atoms with Crippen LogP contribution in [-0.4, -0.2) is 44.3 Å². The molecular weight excluding hydrogens is 544 g/mol. The van der Waals surface area contributed by atoms with Crippen molar-refractivity contribution in [1.82, 2.24) is 4.90 Å². The number of fused-ring (bicyclic) bond motifs is 1. The summed E-state index contributed by atoms with van der Waals surface area (Å²) in [6.45, 7) is 2.77. The van der Waals surface area contributed by atoms with Crippen LogP contribution >= 0.6 is 23.2 Å². The second-order valence-electron chi connectivity index (χ2n) is 10.9. The van der Waals surface area contributed by atoms with Crippen LogP contribution in [0.4, 0.5) is 4.39 Å². The number of alkyl halides is 1. The van der Waals surface area contributed by atoms with E-state index in [4.69, 9.17) is 27.9 Å². The lowest BCUT2D eigenvalue weighted by molar-refractivity contribution is 0.0600. The van der Waals surface area contributed by atoms with Crippen LogP contribution in [0.25, 0.3) is 11.1 Å². The fourth-order valence-electron chi connectivity index (χ4n) is 6.25. The van der Waals surface area contributed by atoms with Crippen molar-refractivity contribution < 1.29 is 13.9 Å². The summed E-state index contributed by atoms with van der Waals surface area (Å²) in [6.07, 6.45) is 6.62. The average Bonchev–Trinajstić information content (AvgIpc) is 3.34. The summed E-state index contributed by atoms with van der Waals surface area (Å²) in [5, 5.41) is 1.26. The Balaban J connectivity index is 1.51. The summed E-state index contributed by atoms with van der Waals surface area (Å²) in [7, 11) is 1.42. The van der Waals surface area contributed by atoms with Crippen LogP contribution in [0, 0.1) is 5.92 Å². The average molecular weight is 581 g/mol. The van der Waals surface area contributed by atoms with Crippen LogP contribution in [0.15, 0.2) is 60.7 Å². The van der Waals surface area contributed by atoms with Gasteiger partial charge in [-0.1, -0.05) is 59.6 Å². The number of likely N-dealkylation sites (tertiary alicyclic amines) is 1. The van der Waals surface area contributed by atoms with Crippen LogP contribution in [-0.2, 0) is 17.6 Å². The van der Waals surface area contributed by atoms with Crippen LogP contribution in [0.3, 0.4) is 0 Å². The van der Waals surface area contributed by atoms with E-state index >= 15 is 0 Å². The monoisotopic (exact) mass is 579 g/mol. The fourth-order valence-corrected chi connectivity index (χ4v) is 6.78. The number of esters is 1. The Morgan fingerprint density at radius 3 is 2.70 bits per heavy atom. The van der Waals surface area contributed by atoms with Gasteiger partial charge in [-0.25, -0.2) is 4.79 Å². The predicted molar refractivity (Wildman–Crippen MR) is 163 cm³/mol.